The number of aromatic amines is 2. The lowest BCUT2D eigenvalue weighted by atomic mass is 9.98. The van der Waals surface area contributed by atoms with Gasteiger partial charge >= 0.3 is 0 Å². The zero-order valence-electron chi connectivity index (χ0n) is 76.1. The lowest BCUT2D eigenvalue weighted by molar-refractivity contribution is 0.459. The molecule has 132 heavy (non-hydrogen) atoms. The highest BCUT2D eigenvalue weighted by molar-refractivity contribution is 5.93. The Hall–Kier alpha value is -17.1. The van der Waals surface area contributed by atoms with Crippen molar-refractivity contribution in [3.8, 4) is 74.0 Å². The maximum atomic E-state index is 9.47. The Balaban J connectivity index is 0.000000123. The lowest BCUT2D eigenvalue weighted by Crippen LogP contribution is -2.05. The number of fused-ring (bicyclic) bond motifs is 4. The van der Waals surface area contributed by atoms with Gasteiger partial charge in [0.2, 0.25) is 35.6 Å². The topological polar surface area (TPSA) is 303 Å². The monoisotopic (exact) mass is 1740 g/mol. The van der Waals surface area contributed by atoms with E-state index in [9.17, 15) is 5.26 Å². The minimum absolute atomic E-state index is 0.417. The molecule has 0 aliphatic carbocycles. The van der Waals surface area contributed by atoms with E-state index in [0.717, 1.165) is 179 Å². The first-order valence-corrected chi connectivity index (χ1v) is 43.3. The van der Waals surface area contributed by atoms with E-state index in [0.29, 0.717) is 46.9 Å². The molecule has 0 bridgehead atoms. The molecule has 12 aromatic heterocycles. The average molecular weight is 1740 g/mol. The molecule has 654 valence electrons. The van der Waals surface area contributed by atoms with E-state index >= 15 is 0 Å². The van der Waals surface area contributed by atoms with Gasteiger partial charge in [0.25, 0.3) is 0 Å². The van der Waals surface area contributed by atoms with Gasteiger partial charge < -0.3 is 65.0 Å². The Morgan fingerprint density at radius 1 is 0.326 bits per heavy atom. The van der Waals surface area contributed by atoms with Gasteiger partial charge in [0, 0.05) is 128 Å². The van der Waals surface area contributed by atoms with Crippen molar-refractivity contribution in [1.82, 2.24) is 78.5 Å². The third-order valence-electron chi connectivity index (χ3n) is 22.8. The van der Waals surface area contributed by atoms with Crippen LogP contribution >= 0.6 is 0 Å². The molecular weight excluding hydrogens is 1640 g/mol. The van der Waals surface area contributed by atoms with Crippen molar-refractivity contribution < 1.29 is 9.47 Å². The van der Waals surface area contributed by atoms with Crippen LogP contribution in [0.25, 0.3) is 88.8 Å². The second-order valence-corrected chi connectivity index (χ2v) is 33.1. The molecule has 25 nitrogen and oxygen atoms in total. The predicted molar refractivity (Wildman–Crippen MR) is 532 cm³/mol. The van der Waals surface area contributed by atoms with Gasteiger partial charge in [0.05, 0.1) is 21.9 Å². The Kier molecular flexibility index (Phi) is 25.2. The van der Waals surface area contributed by atoms with Crippen LogP contribution in [-0.2, 0) is 21.1 Å². The zero-order valence-corrected chi connectivity index (χ0v) is 76.1. The first kappa shape index (κ1) is 87.0. The Labute approximate surface area is 765 Å². The molecule has 20 rings (SSSR count). The van der Waals surface area contributed by atoms with Crippen molar-refractivity contribution in [3.63, 3.8) is 0 Å². The summed E-state index contributed by atoms with van der Waals surface area (Å²) in [5.74, 6) is 6.18. The summed E-state index contributed by atoms with van der Waals surface area (Å²) < 4.78 is 18.9. The Bertz CT molecular complexity index is 7540. The molecule has 0 amide bonds. The average Bonchev–Trinajstić information content (AvgIpc) is 1.55. The molecule has 0 spiro atoms. The SMILES string of the molecule is Cc1ccc(Nc2nc(Nc3c(C)cc(-c4cccnc4C#N)cc3C)c3c(ccn3C)n2)cc1.Cc1ccc(Nc2nc(Nc3c(C)cc(-c4ccncc4)cc3C)c3c(ccn3C)n2)cc1.Cc1ccc(Nc2nc(Oc3c(C)cc(-c4ccc[nH]4)cc3C)c3c(ccn3C)n2)cc1.Cc1ccc(Nc2nc(Oc3c(C)cc(-c4ccncc4)cc3C)c3cc[nH]c3n2)cc1. The predicted octanol–water partition coefficient (Wildman–Crippen LogP) is 25.7. The summed E-state index contributed by atoms with van der Waals surface area (Å²) >= 11 is 0. The van der Waals surface area contributed by atoms with E-state index < -0.39 is 0 Å². The van der Waals surface area contributed by atoms with Crippen molar-refractivity contribution >= 4 is 114 Å². The molecule has 0 saturated carbocycles. The molecule has 25 heteroatoms. The molecule has 0 fully saturated rings. The number of aromatic nitrogens is 16. The van der Waals surface area contributed by atoms with Gasteiger partial charge in [-0.2, -0.15) is 30.2 Å². The normalized spacial score (nSPS) is 11.0. The highest BCUT2D eigenvalue weighted by Gasteiger charge is 2.23. The molecule has 0 saturated heterocycles. The van der Waals surface area contributed by atoms with E-state index in [1.165, 1.54) is 27.8 Å². The molecule has 8 aromatic carbocycles. The molecular formula is C107H99N23O2. The van der Waals surface area contributed by atoms with Crippen LogP contribution in [0.4, 0.5) is 69.6 Å². The first-order valence-electron chi connectivity index (χ1n) is 43.3. The van der Waals surface area contributed by atoms with Crippen molar-refractivity contribution in [2.24, 2.45) is 21.1 Å². The number of nitrogens with one attached hydrogen (secondary N) is 8. The summed E-state index contributed by atoms with van der Waals surface area (Å²) in [6.45, 7) is 24.8. The summed E-state index contributed by atoms with van der Waals surface area (Å²) in [5, 5.41) is 30.7. The fourth-order valence-electron chi connectivity index (χ4n) is 16.0. The Morgan fingerprint density at radius 2 is 0.705 bits per heavy atom. The number of nitriles is 1. The van der Waals surface area contributed by atoms with Gasteiger partial charge in [-0.3, -0.25) is 9.97 Å². The summed E-state index contributed by atoms with van der Waals surface area (Å²) in [7, 11) is 5.97. The minimum Gasteiger partial charge on any atom is -0.438 e. The van der Waals surface area contributed by atoms with Gasteiger partial charge in [-0.05, 0) is 331 Å². The van der Waals surface area contributed by atoms with Crippen LogP contribution in [0.3, 0.4) is 0 Å². The summed E-state index contributed by atoms with van der Waals surface area (Å²) in [4.78, 5) is 56.7. The van der Waals surface area contributed by atoms with Crippen LogP contribution in [0.2, 0.25) is 0 Å². The second kappa shape index (κ2) is 38.2. The molecule has 0 radical (unpaired) electrons. The maximum Gasteiger partial charge on any atom is 0.249 e. The summed E-state index contributed by atoms with van der Waals surface area (Å²) in [6.07, 6.45) is 18.6. The third-order valence-corrected chi connectivity index (χ3v) is 22.8. The van der Waals surface area contributed by atoms with Gasteiger partial charge in [-0.15, -0.1) is 0 Å². The van der Waals surface area contributed by atoms with Crippen LogP contribution in [0.15, 0.2) is 280 Å². The molecule has 8 N–H and O–H groups in total. The number of hydrogen-bond donors (Lipinski definition) is 8. The molecule has 12 heterocycles. The van der Waals surface area contributed by atoms with Crippen LogP contribution in [0.5, 0.6) is 23.3 Å². The van der Waals surface area contributed by atoms with Gasteiger partial charge in [0.15, 0.2) is 11.6 Å². The highest BCUT2D eigenvalue weighted by Crippen LogP contribution is 2.41. The van der Waals surface area contributed by atoms with E-state index in [4.69, 9.17) is 34.4 Å². The largest absolute Gasteiger partial charge is 0.438 e. The quantitative estimate of drug-likeness (QED) is 0.0352. The lowest BCUT2D eigenvalue weighted by Gasteiger charge is -2.17. The minimum atomic E-state index is 0.417. The molecule has 20 aromatic rings. The van der Waals surface area contributed by atoms with Gasteiger partial charge in [-0.1, -0.05) is 70.8 Å². The van der Waals surface area contributed by atoms with Crippen LogP contribution in [0, 0.1) is 94.4 Å². The maximum absolute atomic E-state index is 9.47. The van der Waals surface area contributed by atoms with E-state index in [1.54, 1.807) is 18.6 Å². The number of ether oxygens (including phenoxy) is 2. The Morgan fingerprint density at radius 3 is 1.13 bits per heavy atom. The third kappa shape index (κ3) is 19.7. The highest BCUT2D eigenvalue weighted by atomic mass is 16.5. The number of aryl methyl sites for hydroxylation is 15. The van der Waals surface area contributed by atoms with Crippen molar-refractivity contribution in [2.45, 2.75) is 83.1 Å². The fraction of sp³-hybridized carbons (Fsp3) is 0.140. The number of H-pyrrole nitrogens is 2. The summed E-state index contributed by atoms with van der Waals surface area (Å²) in [5.41, 5.74) is 34.1. The van der Waals surface area contributed by atoms with E-state index in [2.05, 4.69) is 238 Å². The first-order chi connectivity index (χ1) is 63.9. The van der Waals surface area contributed by atoms with Crippen molar-refractivity contribution in [1.29, 1.82) is 5.26 Å². The van der Waals surface area contributed by atoms with Crippen LogP contribution in [0.1, 0.15) is 72.5 Å². The summed E-state index contributed by atoms with van der Waals surface area (Å²) in [6, 6.07) is 75.6. The number of pyridine rings is 3. The standard InChI is InChI=1S/C28H25N7.C27H26N6.C26H25N5O.C26H23N5O/c1-17-7-9-21(10-8-17)31-28-32-23-11-13-35(4)26(23)27(34-28)33-25-18(2)14-20(15-19(25)3)22-6-5-12-30-24(22)16-29;1-17-5-7-22(8-6-17)29-27-30-23-11-14-33(4)25(23)26(32-27)31-24-18(2)15-21(16-19(24)3)20-9-12-28-13-10-20;1-16-7-9-20(10-8-16)28-26-29-22-11-13-31(4)23(22)25(30-26)32-24-17(2)14-19(15-18(24)3)21-6-5-12-27-21;1-16-4-6-21(7-5-16)29-26-30-24-22(10-13-28-24)25(31-26)32-23-17(2)14-20(15-18(23)3)19-8-11-27-12-9-19/h5-15H,1-4H3,(H2,31,32,33,34);5-16H,1-4H3,(H2,29,30,31,32);5-15,27H,1-4H3,(H,28,29,30);4-15H,1-3H3,(H2,28,29,30,31). The molecule has 0 unspecified atom stereocenters. The van der Waals surface area contributed by atoms with Crippen LogP contribution in [-0.4, -0.2) is 78.5 Å². The van der Waals surface area contributed by atoms with Crippen molar-refractivity contribution in [3.05, 3.63) is 353 Å². The van der Waals surface area contributed by atoms with E-state index in [1.807, 2.05) is 219 Å². The zero-order chi connectivity index (χ0) is 91.8. The van der Waals surface area contributed by atoms with Gasteiger partial charge in [0.1, 0.15) is 45.5 Å². The van der Waals surface area contributed by atoms with Crippen LogP contribution < -0.4 is 41.4 Å². The molecule has 0 atom stereocenters. The number of benzene rings is 8. The second-order valence-electron chi connectivity index (χ2n) is 33.1. The van der Waals surface area contributed by atoms with E-state index in [-0.39, 0.29) is 0 Å². The number of anilines is 12. The molecule has 0 aliphatic heterocycles. The molecule has 0 aliphatic rings. The number of nitrogens with zero attached hydrogens (tertiary/aromatic N) is 15. The van der Waals surface area contributed by atoms with Crippen molar-refractivity contribution in [2.75, 3.05) is 31.9 Å². The smallest absolute Gasteiger partial charge is 0.249 e. The van der Waals surface area contributed by atoms with Gasteiger partial charge in [-0.25, -0.2) is 19.9 Å². The number of rotatable bonds is 20. The number of hydrogen-bond acceptors (Lipinski definition) is 20. The fourth-order valence-corrected chi connectivity index (χ4v) is 16.0.